The van der Waals surface area contributed by atoms with E-state index in [0.717, 1.165) is 24.0 Å². The van der Waals surface area contributed by atoms with Crippen molar-refractivity contribution in [2.75, 3.05) is 6.79 Å². The number of nitrogens with one attached hydrogen (secondary N) is 1. The number of hydrogen-bond donors (Lipinski definition) is 1. The fourth-order valence-corrected chi connectivity index (χ4v) is 2.92. The van der Waals surface area contributed by atoms with E-state index in [0.29, 0.717) is 12.8 Å². The van der Waals surface area contributed by atoms with Gasteiger partial charge >= 0.3 is 0 Å². The van der Waals surface area contributed by atoms with Crippen LogP contribution in [-0.2, 0) is 6.54 Å². The average Bonchev–Trinajstić information content (AvgIpc) is 2.85. The molecule has 1 N–H and O–H groups in total. The molecule has 0 saturated heterocycles. The Hall–Kier alpha value is -1.22. The van der Waals surface area contributed by atoms with Crippen molar-refractivity contribution < 1.29 is 9.47 Å². The van der Waals surface area contributed by atoms with Crippen molar-refractivity contribution in [3.63, 3.8) is 0 Å². The molecule has 1 saturated carbocycles. The van der Waals surface area contributed by atoms with Gasteiger partial charge in [0.15, 0.2) is 11.5 Å². The van der Waals surface area contributed by atoms with Gasteiger partial charge in [-0.25, -0.2) is 0 Å². The Balaban J connectivity index is 1.59. The molecular formula is C15H21NO2. The van der Waals surface area contributed by atoms with Crippen LogP contribution in [0.4, 0.5) is 0 Å². The summed E-state index contributed by atoms with van der Waals surface area (Å²) in [6.45, 7) is 3.63. The Kier molecular flexibility index (Phi) is 3.41. The smallest absolute Gasteiger partial charge is 0.231 e. The van der Waals surface area contributed by atoms with Crippen LogP contribution in [0.15, 0.2) is 18.2 Å². The first kappa shape index (κ1) is 11.8. The van der Waals surface area contributed by atoms with Gasteiger partial charge in [0.1, 0.15) is 0 Å². The van der Waals surface area contributed by atoms with Crippen LogP contribution < -0.4 is 14.8 Å². The summed E-state index contributed by atoms with van der Waals surface area (Å²) in [5, 5.41) is 3.68. The van der Waals surface area contributed by atoms with Crippen LogP contribution in [0.1, 0.15) is 38.2 Å². The number of ether oxygens (including phenoxy) is 2. The Labute approximate surface area is 108 Å². The lowest BCUT2D eigenvalue weighted by molar-refractivity contribution is 0.174. The number of fused-ring (bicyclic) bond motifs is 1. The minimum Gasteiger partial charge on any atom is -0.454 e. The molecular weight excluding hydrogens is 226 g/mol. The highest BCUT2D eigenvalue weighted by atomic mass is 16.7. The Morgan fingerprint density at radius 1 is 1.17 bits per heavy atom. The highest BCUT2D eigenvalue weighted by molar-refractivity contribution is 5.44. The van der Waals surface area contributed by atoms with Gasteiger partial charge in [-0.05, 0) is 36.5 Å². The largest absolute Gasteiger partial charge is 0.454 e. The Morgan fingerprint density at radius 3 is 2.89 bits per heavy atom. The first-order valence-electron chi connectivity index (χ1n) is 6.95. The predicted molar refractivity (Wildman–Crippen MR) is 70.8 cm³/mol. The molecule has 2 unspecified atom stereocenters. The van der Waals surface area contributed by atoms with Gasteiger partial charge in [-0.1, -0.05) is 25.8 Å². The van der Waals surface area contributed by atoms with Crippen molar-refractivity contribution in [1.29, 1.82) is 0 Å². The zero-order chi connectivity index (χ0) is 12.4. The SMILES string of the molecule is CC1CCCCC1NCc1ccc2c(c1)OCO2. The number of rotatable bonds is 3. The summed E-state index contributed by atoms with van der Waals surface area (Å²) in [7, 11) is 0. The minimum absolute atomic E-state index is 0.353. The summed E-state index contributed by atoms with van der Waals surface area (Å²) < 4.78 is 10.7. The maximum atomic E-state index is 5.40. The van der Waals surface area contributed by atoms with Crippen LogP contribution in [0, 0.1) is 5.92 Å². The molecule has 18 heavy (non-hydrogen) atoms. The normalized spacial score (nSPS) is 26.3. The standard InChI is InChI=1S/C15H21NO2/c1-11-4-2-3-5-13(11)16-9-12-6-7-14-15(8-12)18-10-17-14/h6-8,11,13,16H,2-5,9-10H2,1H3. The van der Waals surface area contributed by atoms with E-state index < -0.39 is 0 Å². The molecule has 2 atom stereocenters. The zero-order valence-corrected chi connectivity index (χ0v) is 10.9. The van der Waals surface area contributed by atoms with E-state index in [9.17, 15) is 0 Å². The van der Waals surface area contributed by atoms with Crippen LogP contribution in [0.2, 0.25) is 0 Å². The molecule has 1 aliphatic carbocycles. The molecule has 1 aromatic carbocycles. The van der Waals surface area contributed by atoms with E-state index in [-0.39, 0.29) is 0 Å². The molecule has 0 bridgehead atoms. The third kappa shape index (κ3) is 2.46. The zero-order valence-electron chi connectivity index (χ0n) is 10.9. The lowest BCUT2D eigenvalue weighted by atomic mass is 9.86. The fraction of sp³-hybridized carbons (Fsp3) is 0.600. The van der Waals surface area contributed by atoms with Crippen molar-refractivity contribution in [3.05, 3.63) is 23.8 Å². The second-order valence-electron chi connectivity index (χ2n) is 5.44. The van der Waals surface area contributed by atoms with Gasteiger partial charge in [0, 0.05) is 12.6 Å². The van der Waals surface area contributed by atoms with Gasteiger partial charge in [0.25, 0.3) is 0 Å². The molecule has 3 heteroatoms. The molecule has 1 aromatic rings. The van der Waals surface area contributed by atoms with E-state index in [1.807, 2.05) is 6.07 Å². The topological polar surface area (TPSA) is 30.5 Å². The Bertz CT molecular complexity index is 419. The fourth-order valence-electron chi connectivity index (χ4n) is 2.92. The van der Waals surface area contributed by atoms with Gasteiger partial charge in [-0.15, -0.1) is 0 Å². The van der Waals surface area contributed by atoms with Crippen molar-refractivity contribution in [2.45, 2.75) is 45.2 Å². The average molecular weight is 247 g/mol. The van der Waals surface area contributed by atoms with Gasteiger partial charge in [-0.2, -0.15) is 0 Å². The van der Waals surface area contributed by atoms with Crippen LogP contribution in [0.25, 0.3) is 0 Å². The lowest BCUT2D eigenvalue weighted by Gasteiger charge is -2.29. The van der Waals surface area contributed by atoms with E-state index in [1.54, 1.807) is 0 Å². The molecule has 3 nitrogen and oxygen atoms in total. The summed E-state index contributed by atoms with van der Waals surface area (Å²) in [6.07, 6.45) is 5.43. The van der Waals surface area contributed by atoms with Crippen molar-refractivity contribution in [2.24, 2.45) is 5.92 Å². The maximum Gasteiger partial charge on any atom is 0.231 e. The minimum atomic E-state index is 0.353. The molecule has 0 amide bonds. The van der Waals surface area contributed by atoms with Crippen molar-refractivity contribution in [1.82, 2.24) is 5.32 Å². The summed E-state index contributed by atoms with van der Waals surface area (Å²) in [6, 6.07) is 6.88. The van der Waals surface area contributed by atoms with Crippen LogP contribution in [0.3, 0.4) is 0 Å². The molecule has 1 fully saturated rings. The van der Waals surface area contributed by atoms with Crippen LogP contribution in [-0.4, -0.2) is 12.8 Å². The van der Waals surface area contributed by atoms with Crippen molar-refractivity contribution in [3.8, 4) is 11.5 Å². The summed E-state index contributed by atoms with van der Waals surface area (Å²) in [4.78, 5) is 0. The molecule has 1 aliphatic heterocycles. The summed E-state index contributed by atoms with van der Waals surface area (Å²) >= 11 is 0. The van der Waals surface area contributed by atoms with E-state index in [4.69, 9.17) is 9.47 Å². The highest BCUT2D eigenvalue weighted by Crippen LogP contribution is 2.32. The van der Waals surface area contributed by atoms with E-state index in [2.05, 4.69) is 24.4 Å². The number of hydrogen-bond acceptors (Lipinski definition) is 3. The number of benzene rings is 1. The Morgan fingerprint density at radius 2 is 2.00 bits per heavy atom. The quantitative estimate of drug-likeness (QED) is 0.890. The van der Waals surface area contributed by atoms with E-state index in [1.165, 1.54) is 31.2 Å². The molecule has 0 spiro atoms. The van der Waals surface area contributed by atoms with Gasteiger partial charge in [0.05, 0.1) is 0 Å². The first-order chi connectivity index (χ1) is 8.83. The maximum absolute atomic E-state index is 5.40. The van der Waals surface area contributed by atoms with Crippen LogP contribution >= 0.6 is 0 Å². The first-order valence-corrected chi connectivity index (χ1v) is 6.95. The van der Waals surface area contributed by atoms with Gasteiger partial charge < -0.3 is 14.8 Å². The molecule has 0 aromatic heterocycles. The lowest BCUT2D eigenvalue weighted by Crippen LogP contribution is -2.36. The second-order valence-corrected chi connectivity index (χ2v) is 5.44. The molecule has 2 aliphatic rings. The summed E-state index contributed by atoms with van der Waals surface area (Å²) in [5.41, 5.74) is 1.28. The predicted octanol–water partition coefficient (Wildman–Crippen LogP) is 3.08. The molecule has 0 radical (unpaired) electrons. The monoisotopic (exact) mass is 247 g/mol. The third-order valence-electron chi connectivity index (χ3n) is 4.12. The molecule has 98 valence electrons. The van der Waals surface area contributed by atoms with E-state index >= 15 is 0 Å². The van der Waals surface area contributed by atoms with Crippen LogP contribution in [0.5, 0.6) is 11.5 Å². The van der Waals surface area contributed by atoms with Gasteiger partial charge in [0.2, 0.25) is 6.79 Å². The third-order valence-corrected chi connectivity index (χ3v) is 4.12. The second kappa shape index (κ2) is 5.19. The molecule has 1 heterocycles. The highest BCUT2D eigenvalue weighted by Gasteiger charge is 2.20. The van der Waals surface area contributed by atoms with Gasteiger partial charge in [-0.3, -0.25) is 0 Å². The molecule has 3 rings (SSSR count). The summed E-state index contributed by atoms with van der Waals surface area (Å²) in [5.74, 6) is 2.54. The van der Waals surface area contributed by atoms with Crippen molar-refractivity contribution >= 4 is 0 Å².